The monoisotopic (exact) mass is 214 g/mol. The van der Waals surface area contributed by atoms with E-state index in [0.717, 1.165) is 24.7 Å². The van der Waals surface area contributed by atoms with Crippen molar-refractivity contribution in [1.29, 1.82) is 0 Å². The van der Waals surface area contributed by atoms with Crippen LogP contribution < -0.4 is 4.90 Å². The molecule has 3 heteroatoms. The Morgan fingerprint density at radius 3 is 3.00 bits per heavy atom. The molecule has 0 aliphatic carbocycles. The lowest BCUT2D eigenvalue weighted by atomic mass is 10.0. The number of ether oxygens (including phenoxy) is 1. The molecule has 1 unspecified atom stereocenters. The molecule has 0 bridgehead atoms. The van der Waals surface area contributed by atoms with Gasteiger partial charge < -0.3 is 9.64 Å². The van der Waals surface area contributed by atoms with Gasteiger partial charge in [0, 0.05) is 5.69 Å². The molecular formula is C13H14N2O. The van der Waals surface area contributed by atoms with Crippen LogP contribution in [0.3, 0.4) is 0 Å². The topological polar surface area (TPSA) is 24.8 Å². The molecule has 0 radical (unpaired) electrons. The summed E-state index contributed by atoms with van der Waals surface area (Å²) in [5.74, 6) is 1.46. The van der Waals surface area contributed by atoms with E-state index in [9.17, 15) is 0 Å². The zero-order chi connectivity index (χ0) is 10.8. The highest BCUT2D eigenvalue weighted by Gasteiger charge is 2.27. The van der Waals surface area contributed by atoms with Crippen LogP contribution in [0, 0.1) is 5.92 Å². The standard InChI is InChI=1S/C13H14N2O/c1-2-6-12(7-3-1)15-10-16-9-11-5-4-8-14-13(11)15/h1-7,11H,8-10H2. The molecule has 1 aromatic rings. The molecule has 16 heavy (non-hydrogen) atoms. The largest absolute Gasteiger partial charge is 0.360 e. The Kier molecular flexibility index (Phi) is 2.46. The molecule has 0 amide bonds. The predicted octanol–water partition coefficient (Wildman–Crippen LogP) is 2.07. The second-order valence-corrected chi connectivity index (χ2v) is 4.00. The van der Waals surface area contributed by atoms with E-state index in [2.05, 4.69) is 34.2 Å². The smallest absolute Gasteiger partial charge is 0.124 e. The average Bonchev–Trinajstić information content (AvgIpc) is 2.39. The molecule has 1 saturated heterocycles. The van der Waals surface area contributed by atoms with Gasteiger partial charge in [-0.2, -0.15) is 0 Å². The third kappa shape index (κ3) is 1.63. The lowest BCUT2D eigenvalue weighted by molar-refractivity contribution is 0.117. The van der Waals surface area contributed by atoms with Gasteiger partial charge in [-0.1, -0.05) is 30.4 Å². The highest BCUT2D eigenvalue weighted by molar-refractivity contribution is 6.01. The molecule has 3 nitrogen and oxygen atoms in total. The van der Waals surface area contributed by atoms with Gasteiger partial charge in [0.15, 0.2) is 0 Å². The maximum atomic E-state index is 5.60. The first kappa shape index (κ1) is 9.60. The molecular weight excluding hydrogens is 200 g/mol. The van der Waals surface area contributed by atoms with Crippen LogP contribution in [0.1, 0.15) is 0 Å². The molecule has 0 N–H and O–H groups in total. The fourth-order valence-corrected chi connectivity index (χ4v) is 2.14. The second kappa shape index (κ2) is 4.10. The van der Waals surface area contributed by atoms with Crippen molar-refractivity contribution in [3.63, 3.8) is 0 Å². The van der Waals surface area contributed by atoms with E-state index in [4.69, 9.17) is 4.74 Å². The minimum Gasteiger partial charge on any atom is -0.360 e. The number of hydrogen-bond acceptors (Lipinski definition) is 3. The molecule has 2 aliphatic rings. The highest BCUT2D eigenvalue weighted by Crippen LogP contribution is 2.23. The van der Waals surface area contributed by atoms with Crippen LogP contribution in [0.25, 0.3) is 0 Å². The van der Waals surface area contributed by atoms with E-state index < -0.39 is 0 Å². The van der Waals surface area contributed by atoms with Crippen molar-refractivity contribution in [2.75, 3.05) is 24.8 Å². The van der Waals surface area contributed by atoms with Crippen LogP contribution in [0.4, 0.5) is 5.69 Å². The number of rotatable bonds is 1. The number of aliphatic imine (C=N–C) groups is 1. The van der Waals surface area contributed by atoms with Gasteiger partial charge in [-0.05, 0) is 12.1 Å². The van der Waals surface area contributed by atoms with Crippen LogP contribution >= 0.6 is 0 Å². The Balaban J connectivity index is 1.93. The fourth-order valence-electron chi connectivity index (χ4n) is 2.14. The van der Waals surface area contributed by atoms with Crippen molar-refractivity contribution >= 4 is 11.5 Å². The molecule has 1 fully saturated rings. The quantitative estimate of drug-likeness (QED) is 0.668. The first-order valence-electron chi connectivity index (χ1n) is 5.56. The van der Waals surface area contributed by atoms with E-state index in [0.29, 0.717) is 12.6 Å². The third-order valence-corrected chi connectivity index (χ3v) is 2.92. The van der Waals surface area contributed by atoms with Crippen LogP contribution in [0.2, 0.25) is 0 Å². The number of dihydropyridines is 1. The summed E-state index contributed by atoms with van der Waals surface area (Å²) < 4.78 is 5.60. The number of amidine groups is 1. The van der Waals surface area contributed by atoms with Crippen molar-refractivity contribution in [2.24, 2.45) is 10.9 Å². The molecule has 1 aromatic carbocycles. The molecule has 0 spiro atoms. The lowest BCUT2D eigenvalue weighted by Gasteiger charge is -2.35. The zero-order valence-electron chi connectivity index (χ0n) is 9.04. The SMILES string of the molecule is C1=CC2COCN(c3ccccc3)C2=NC1. The molecule has 0 aromatic heterocycles. The zero-order valence-corrected chi connectivity index (χ0v) is 9.04. The predicted molar refractivity (Wildman–Crippen MR) is 64.7 cm³/mol. The van der Waals surface area contributed by atoms with Crippen molar-refractivity contribution in [3.05, 3.63) is 42.5 Å². The van der Waals surface area contributed by atoms with Crippen LogP contribution in [0.15, 0.2) is 47.5 Å². The maximum absolute atomic E-state index is 5.60. The van der Waals surface area contributed by atoms with Crippen molar-refractivity contribution in [1.82, 2.24) is 0 Å². The lowest BCUT2D eigenvalue weighted by Crippen LogP contribution is -2.45. The molecule has 2 heterocycles. The van der Waals surface area contributed by atoms with Gasteiger partial charge in [0.2, 0.25) is 0 Å². The molecule has 82 valence electrons. The number of hydrogen-bond donors (Lipinski definition) is 0. The van der Waals surface area contributed by atoms with Crippen LogP contribution in [-0.2, 0) is 4.74 Å². The summed E-state index contributed by atoms with van der Waals surface area (Å²) >= 11 is 0. The van der Waals surface area contributed by atoms with Crippen LogP contribution in [0.5, 0.6) is 0 Å². The minimum atomic E-state index is 0.322. The Morgan fingerprint density at radius 2 is 2.12 bits per heavy atom. The van der Waals surface area contributed by atoms with E-state index >= 15 is 0 Å². The average molecular weight is 214 g/mol. The Hall–Kier alpha value is -1.61. The Bertz CT molecular complexity index is 425. The molecule has 0 saturated carbocycles. The van der Waals surface area contributed by atoms with Crippen molar-refractivity contribution < 1.29 is 4.74 Å². The number of benzene rings is 1. The van der Waals surface area contributed by atoms with Gasteiger partial charge in [0.05, 0.1) is 19.1 Å². The maximum Gasteiger partial charge on any atom is 0.124 e. The summed E-state index contributed by atoms with van der Waals surface area (Å²) in [6, 6.07) is 10.3. The number of anilines is 1. The van der Waals surface area contributed by atoms with E-state index in [1.54, 1.807) is 0 Å². The van der Waals surface area contributed by atoms with Gasteiger partial charge in [-0.25, -0.2) is 0 Å². The summed E-state index contributed by atoms with van der Waals surface area (Å²) in [6.45, 7) is 2.14. The van der Waals surface area contributed by atoms with E-state index in [1.165, 1.54) is 0 Å². The molecule has 1 atom stereocenters. The summed E-state index contributed by atoms with van der Waals surface area (Å²) in [6.07, 6.45) is 4.30. The van der Waals surface area contributed by atoms with E-state index in [-0.39, 0.29) is 0 Å². The highest BCUT2D eigenvalue weighted by atomic mass is 16.5. The second-order valence-electron chi connectivity index (χ2n) is 4.00. The van der Waals surface area contributed by atoms with Gasteiger partial charge in [-0.3, -0.25) is 4.99 Å². The molecule has 2 aliphatic heterocycles. The Morgan fingerprint density at radius 1 is 1.25 bits per heavy atom. The van der Waals surface area contributed by atoms with Gasteiger partial charge >= 0.3 is 0 Å². The summed E-state index contributed by atoms with van der Waals surface area (Å²) in [5, 5.41) is 0. The summed E-state index contributed by atoms with van der Waals surface area (Å²) in [5.41, 5.74) is 1.15. The van der Waals surface area contributed by atoms with Crippen LogP contribution in [-0.4, -0.2) is 25.7 Å². The number of nitrogens with zero attached hydrogens (tertiary/aromatic N) is 2. The van der Waals surface area contributed by atoms with Gasteiger partial charge in [-0.15, -0.1) is 0 Å². The van der Waals surface area contributed by atoms with E-state index in [1.807, 2.05) is 18.2 Å². The Labute approximate surface area is 95.1 Å². The van der Waals surface area contributed by atoms with Gasteiger partial charge in [0.25, 0.3) is 0 Å². The van der Waals surface area contributed by atoms with Gasteiger partial charge in [0.1, 0.15) is 12.6 Å². The third-order valence-electron chi connectivity index (χ3n) is 2.92. The minimum absolute atomic E-state index is 0.322. The first-order chi connectivity index (χ1) is 7.95. The summed E-state index contributed by atoms with van der Waals surface area (Å²) in [7, 11) is 0. The summed E-state index contributed by atoms with van der Waals surface area (Å²) in [4.78, 5) is 6.74. The van der Waals surface area contributed by atoms with Crippen molar-refractivity contribution in [3.8, 4) is 0 Å². The number of fused-ring (bicyclic) bond motifs is 1. The number of para-hydroxylation sites is 1. The fraction of sp³-hybridized carbons (Fsp3) is 0.308. The first-order valence-corrected chi connectivity index (χ1v) is 5.56. The van der Waals surface area contributed by atoms with Crippen molar-refractivity contribution in [2.45, 2.75) is 0 Å². The normalized spacial score (nSPS) is 23.9. The molecule has 3 rings (SSSR count).